The number of aryl methyl sites for hydroxylation is 1. The highest BCUT2D eigenvalue weighted by Crippen LogP contribution is 2.25. The van der Waals surface area contributed by atoms with Gasteiger partial charge in [-0.25, -0.2) is 9.97 Å². The number of hydrogen-bond acceptors (Lipinski definition) is 6. The second-order valence-corrected chi connectivity index (χ2v) is 7.03. The van der Waals surface area contributed by atoms with Crippen LogP contribution in [0.4, 0.5) is 5.13 Å². The molecule has 0 fully saturated rings. The van der Waals surface area contributed by atoms with E-state index < -0.39 is 0 Å². The van der Waals surface area contributed by atoms with Crippen LogP contribution < -0.4 is 5.43 Å². The molecule has 0 unspecified atom stereocenters. The SMILES string of the molecule is C/C(=N\Nc1nc(-c2ccccc2)cs1)c1sc(Cl)nc1C. The minimum Gasteiger partial charge on any atom is -0.252 e. The van der Waals surface area contributed by atoms with Gasteiger partial charge in [0.1, 0.15) is 0 Å². The molecule has 112 valence electrons. The van der Waals surface area contributed by atoms with Crippen LogP contribution in [-0.4, -0.2) is 15.7 Å². The molecule has 1 aromatic carbocycles. The fourth-order valence-electron chi connectivity index (χ4n) is 1.95. The fraction of sp³-hybridized carbons (Fsp3) is 0.133. The van der Waals surface area contributed by atoms with E-state index in [4.69, 9.17) is 11.6 Å². The first-order chi connectivity index (χ1) is 10.6. The molecule has 1 N–H and O–H groups in total. The Balaban J connectivity index is 1.76. The van der Waals surface area contributed by atoms with Gasteiger partial charge in [-0.15, -0.1) is 22.7 Å². The maximum atomic E-state index is 5.92. The van der Waals surface area contributed by atoms with Gasteiger partial charge < -0.3 is 0 Å². The number of rotatable bonds is 4. The number of hydrogen-bond donors (Lipinski definition) is 1. The molecule has 7 heteroatoms. The van der Waals surface area contributed by atoms with Crippen molar-refractivity contribution in [1.29, 1.82) is 0 Å². The molecule has 0 aliphatic rings. The molecule has 0 aliphatic carbocycles. The van der Waals surface area contributed by atoms with Crippen LogP contribution in [0.15, 0.2) is 40.8 Å². The normalized spacial score (nSPS) is 11.7. The molecule has 0 aliphatic heterocycles. The van der Waals surface area contributed by atoms with Crippen LogP contribution in [0.2, 0.25) is 4.47 Å². The molecule has 0 radical (unpaired) electrons. The van der Waals surface area contributed by atoms with E-state index in [2.05, 4.69) is 20.5 Å². The van der Waals surface area contributed by atoms with Crippen LogP contribution in [0.1, 0.15) is 17.5 Å². The zero-order chi connectivity index (χ0) is 15.5. The van der Waals surface area contributed by atoms with Crippen molar-refractivity contribution in [2.24, 2.45) is 5.10 Å². The first-order valence-electron chi connectivity index (χ1n) is 6.58. The van der Waals surface area contributed by atoms with Gasteiger partial charge in [-0.2, -0.15) is 5.10 Å². The summed E-state index contributed by atoms with van der Waals surface area (Å²) in [5.74, 6) is 0. The largest absolute Gasteiger partial charge is 0.252 e. The molecule has 0 bridgehead atoms. The van der Waals surface area contributed by atoms with Crippen molar-refractivity contribution < 1.29 is 0 Å². The Hall–Kier alpha value is -1.76. The minimum atomic E-state index is 0.530. The minimum absolute atomic E-state index is 0.530. The van der Waals surface area contributed by atoms with Crippen molar-refractivity contribution in [1.82, 2.24) is 9.97 Å². The molecular weight excluding hydrogens is 336 g/mol. The van der Waals surface area contributed by atoms with E-state index in [1.165, 1.54) is 22.7 Å². The van der Waals surface area contributed by atoms with Crippen LogP contribution >= 0.6 is 34.3 Å². The number of nitrogens with one attached hydrogen (secondary N) is 1. The van der Waals surface area contributed by atoms with Crippen LogP contribution in [0.3, 0.4) is 0 Å². The van der Waals surface area contributed by atoms with Crippen LogP contribution in [0.5, 0.6) is 0 Å². The smallest absolute Gasteiger partial charge is 0.203 e. The Morgan fingerprint density at radius 1 is 1.23 bits per heavy atom. The summed E-state index contributed by atoms with van der Waals surface area (Å²) in [6, 6.07) is 10.1. The van der Waals surface area contributed by atoms with E-state index in [1.807, 2.05) is 49.6 Å². The lowest BCUT2D eigenvalue weighted by molar-refractivity contribution is 1.24. The van der Waals surface area contributed by atoms with E-state index in [0.29, 0.717) is 4.47 Å². The Bertz CT molecular complexity index is 808. The average Bonchev–Trinajstić information content (AvgIpc) is 3.12. The molecule has 0 atom stereocenters. The zero-order valence-corrected chi connectivity index (χ0v) is 14.4. The molecule has 0 amide bonds. The highest BCUT2D eigenvalue weighted by atomic mass is 35.5. The van der Waals surface area contributed by atoms with Gasteiger partial charge in [-0.1, -0.05) is 41.9 Å². The van der Waals surface area contributed by atoms with Crippen molar-refractivity contribution in [2.45, 2.75) is 13.8 Å². The van der Waals surface area contributed by atoms with Crippen molar-refractivity contribution in [2.75, 3.05) is 5.43 Å². The van der Waals surface area contributed by atoms with E-state index in [9.17, 15) is 0 Å². The van der Waals surface area contributed by atoms with Gasteiger partial charge in [-0.05, 0) is 13.8 Å². The average molecular weight is 349 g/mol. The van der Waals surface area contributed by atoms with Crippen LogP contribution in [-0.2, 0) is 0 Å². The van der Waals surface area contributed by atoms with E-state index >= 15 is 0 Å². The lowest BCUT2D eigenvalue weighted by Crippen LogP contribution is -1.99. The van der Waals surface area contributed by atoms with Gasteiger partial charge in [0, 0.05) is 10.9 Å². The molecule has 2 heterocycles. The van der Waals surface area contributed by atoms with Crippen LogP contribution in [0, 0.1) is 6.92 Å². The number of nitrogens with zero attached hydrogens (tertiary/aromatic N) is 3. The first kappa shape index (κ1) is 15.1. The van der Waals surface area contributed by atoms with Crippen LogP contribution in [0.25, 0.3) is 11.3 Å². The summed E-state index contributed by atoms with van der Waals surface area (Å²) >= 11 is 8.87. The Labute approximate surface area is 141 Å². The van der Waals surface area contributed by atoms with Gasteiger partial charge in [-0.3, -0.25) is 5.43 Å². The van der Waals surface area contributed by atoms with E-state index in [1.54, 1.807) is 0 Å². The molecule has 0 saturated heterocycles. The Morgan fingerprint density at radius 2 is 2.00 bits per heavy atom. The maximum Gasteiger partial charge on any atom is 0.203 e. The number of hydrazone groups is 1. The number of anilines is 1. The molecule has 3 aromatic rings. The van der Waals surface area contributed by atoms with E-state index in [-0.39, 0.29) is 0 Å². The molecule has 22 heavy (non-hydrogen) atoms. The predicted octanol–water partition coefficient (Wildman–Crippen LogP) is 5.06. The molecule has 3 rings (SSSR count). The monoisotopic (exact) mass is 348 g/mol. The third-order valence-electron chi connectivity index (χ3n) is 2.99. The predicted molar refractivity (Wildman–Crippen MR) is 95.2 cm³/mol. The Kier molecular flexibility index (Phi) is 4.52. The third-order valence-corrected chi connectivity index (χ3v) is 5.11. The number of halogens is 1. The number of thiazole rings is 2. The number of benzene rings is 1. The summed E-state index contributed by atoms with van der Waals surface area (Å²) in [5.41, 5.74) is 6.77. The zero-order valence-electron chi connectivity index (χ0n) is 12.0. The molecular formula is C15H13ClN4S2. The van der Waals surface area contributed by atoms with Crippen molar-refractivity contribution in [3.05, 3.63) is 50.7 Å². The summed E-state index contributed by atoms with van der Waals surface area (Å²) < 4.78 is 0.530. The van der Waals surface area contributed by atoms with Gasteiger partial charge in [0.05, 0.1) is 22.0 Å². The highest BCUT2D eigenvalue weighted by molar-refractivity contribution is 7.17. The van der Waals surface area contributed by atoms with Crippen molar-refractivity contribution in [3.63, 3.8) is 0 Å². The fourth-order valence-corrected chi connectivity index (χ4v) is 3.71. The number of aromatic nitrogens is 2. The first-order valence-corrected chi connectivity index (χ1v) is 8.65. The van der Waals surface area contributed by atoms with Gasteiger partial charge >= 0.3 is 0 Å². The summed E-state index contributed by atoms with van der Waals surface area (Å²) in [4.78, 5) is 9.71. The van der Waals surface area contributed by atoms with E-state index in [0.717, 1.165) is 32.7 Å². The molecule has 0 spiro atoms. The maximum absolute atomic E-state index is 5.92. The van der Waals surface area contributed by atoms with Crippen molar-refractivity contribution >= 4 is 45.1 Å². The molecule has 0 saturated carbocycles. The van der Waals surface area contributed by atoms with Crippen molar-refractivity contribution in [3.8, 4) is 11.3 Å². The lowest BCUT2D eigenvalue weighted by Gasteiger charge is -1.99. The van der Waals surface area contributed by atoms with Gasteiger partial charge in [0.25, 0.3) is 0 Å². The summed E-state index contributed by atoms with van der Waals surface area (Å²) in [7, 11) is 0. The second-order valence-electron chi connectivity index (χ2n) is 4.59. The lowest BCUT2D eigenvalue weighted by atomic mass is 10.2. The summed E-state index contributed by atoms with van der Waals surface area (Å²) in [6.07, 6.45) is 0. The molecule has 2 aromatic heterocycles. The third kappa shape index (κ3) is 3.35. The van der Waals surface area contributed by atoms with Gasteiger partial charge in [0.15, 0.2) is 4.47 Å². The quantitative estimate of drug-likeness (QED) is 0.529. The summed E-state index contributed by atoms with van der Waals surface area (Å²) in [6.45, 7) is 3.85. The highest BCUT2D eigenvalue weighted by Gasteiger charge is 2.09. The second kappa shape index (κ2) is 6.56. The standard InChI is InChI=1S/C15H13ClN4S2/c1-9-13(22-14(16)17-9)10(2)19-20-15-18-12(8-21-15)11-6-4-3-5-7-11/h3-8H,1-2H3,(H,18,20)/b19-10+. The molecule has 4 nitrogen and oxygen atoms in total. The van der Waals surface area contributed by atoms with Gasteiger partial charge in [0.2, 0.25) is 5.13 Å². The summed E-state index contributed by atoms with van der Waals surface area (Å²) in [5, 5.41) is 7.14. The topological polar surface area (TPSA) is 50.2 Å². The Morgan fingerprint density at radius 3 is 2.68 bits per heavy atom.